The van der Waals surface area contributed by atoms with Gasteiger partial charge in [-0.05, 0) is 54.4 Å². The van der Waals surface area contributed by atoms with Crippen molar-refractivity contribution in [3.05, 3.63) is 95.5 Å². The molecule has 5 nitrogen and oxygen atoms in total. The van der Waals surface area contributed by atoms with Crippen LogP contribution in [0.4, 0.5) is 11.4 Å². The van der Waals surface area contributed by atoms with Crippen LogP contribution in [-0.4, -0.2) is 29.1 Å². The van der Waals surface area contributed by atoms with Gasteiger partial charge in [0, 0.05) is 40.0 Å². The van der Waals surface area contributed by atoms with E-state index in [1.165, 1.54) is 17.3 Å². The standard InChI is InChI=1S/C26H21N3O2S2/c30-24(29-15-13-18-5-1-3-7-22(18)29)17-33-23-8-4-2-6-21(23)25(31)28-20-11-9-19(10-12-20)26-27-14-16-32-26/h1-12,14,16H,13,15,17H2,(H,28,31). The highest BCUT2D eigenvalue weighted by atomic mass is 32.2. The molecule has 0 atom stereocenters. The number of nitrogens with zero attached hydrogens (tertiary/aromatic N) is 2. The van der Waals surface area contributed by atoms with E-state index in [0.717, 1.165) is 27.6 Å². The molecule has 0 aliphatic carbocycles. The van der Waals surface area contributed by atoms with Crippen LogP contribution in [0.15, 0.2) is 89.3 Å². The Labute approximate surface area is 200 Å². The number of fused-ring (bicyclic) bond motifs is 1. The molecule has 1 aromatic heterocycles. The van der Waals surface area contributed by atoms with E-state index >= 15 is 0 Å². The van der Waals surface area contributed by atoms with Gasteiger partial charge in [0.05, 0.1) is 11.3 Å². The Balaban J connectivity index is 1.25. The molecule has 0 saturated carbocycles. The number of anilines is 2. The molecule has 0 spiro atoms. The third-order valence-electron chi connectivity index (χ3n) is 5.49. The average molecular weight is 472 g/mol. The van der Waals surface area contributed by atoms with E-state index in [4.69, 9.17) is 0 Å². The largest absolute Gasteiger partial charge is 0.322 e. The maximum absolute atomic E-state index is 13.0. The number of nitrogens with one attached hydrogen (secondary N) is 1. The molecule has 3 aromatic carbocycles. The van der Waals surface area contributed by atoms with Crippen molar-refractivity contribution < 1.29 is 9.59 Å². The Morgan fingerprint density at radius 2 is 1.79 bits per heavy atom. The van der Waals surface area contributed by atoms with E-state index in [-0.39, 0.29) is 17.6 Å². The van der Waals surface area contributed by atoms with Crippen molar-refractivity contribution in [3.63, 3.8) is 0 Å². The highest BCUT2D eigenvalue weighted by Gasteiger charge is 2.24. The molecule has 164 valence electrons. The second-order valence-electron chi connectivity index (χ2n) is 7.58. The van der Waals surface area contributed by atoms with Gasteiger partial charge in [0.25, 0.3) is 5.91 Å². The lowest BCUT2D eigenvalue weighted by molar-refractivity contribution is -0.116. The van der Waals surface area contributed by atoms with Gasteiger partial charge in [-0.15, -0.1) is 23.1 Å². The number of amides is 2. The molecular formula is C26H21N3O2S2. The third kappa shape index (κ3) is 4.69. The van der Waals surface area contributed by atoms with Crippen LogP contribution in [0.25, 0.3) is 10.6 Å². The highest BCUT2D eigenvalue weighted by molar-refractivity contribution is 8.00. The summed E-state index contributed by atoms with van der Waals surface area (Å²) in [5.74, 6) is 0.137. The summed E-state index contributed by atoms with van der Waals surface area (Å²) in [5, 5.41) is 5.84. The number of hydrogen-bond donors (Lipinski definition) is 1. The first-order valence-corrected chi connectivity index (χ1v) is 12.5. The molecule has 0 saturated heterocycles. The summed E-state index contributed by atoms with van der Waals surface area (Å²) in [6.45, 7) is 0.706. The molecule has 1 N–H and O–H groups in total. The van der Waals surface area contributed by atoms with Gasteiger partial charge in [-0.1, -0.05) is 30.3 Å². The maximum Gasteiger partial charge on any atom is 0.256 e. The zero-order valence-corrected chi connectivity index (χ0v) is 19.4. The molecule has 7 heteroatoms. The van der Waals surface area contributed by atoms with Gasteiger partial charge < -0.3 is 10.2 Å². The molecule has 4 aromatic rings. The molecule has 1 aliphatic heterocycles. The number of rotatable bonds is 6. The first-order valence-electron chi connectivity index (χ1n) is 10.6. The van der Waals surface area contributed by atoms with Gasteiger partial charge in [0.15, 0.2) is 0 Å². The molecule has 2 amide bonds. The van der Waals surface area contributed by atoms with Crippen LogP contribution in [-0.2, 0) is 11.2 Å². The number of hydrogen-bond acceptors (Lipinski definition) is 5. The molecule has 0 bridgehead atoms. The number of para-hydroxylation sites is 1. The van der Waals surface area contributed by atoms with E-state index in [2.05, 4.69) is 16.4 Å². The second-order valence-corrected chi connectivity index (χ2v) is 9.49. The normalized spacial score (nSPS) is 12.4. The number of carbonyl (C=O) groups excluding carboxylic acids is 2. The first-order chi connectivity index (χ1) is 16.2. The Hall–Kier alpha value is -3.42. The molecule has 5 rings (SSSR count). The summed E-state index contributed by atoms with van der Waals surface area (Å²) < 4.78 is 0. The second kappa shape index (κ2) is 9.60. The van der Waals surface area contributed by atoms with Crippen LogP contribution in [0.5, 0.6) is 0 Å². The first kappa shape index (κ1) is 21.4. The number of thioether (sulfide) groups is 1. The number of carbonyl (C=O) groups is 2. The van der Waals surface area contributed by atoms with Crippen LogP contribution >= 0.6 is 23.1 Å². The van der Waals surface area contributed by atoms with E-state index < -0.39 is 0 Å². The quantitative estimate of drug-likeness (QED) is 0.364. The van der Waals surface area contributed by atoms with Crippen molar-refractivity contribution in [2.45, 2.75) is 11.3 Å². The Bertz CT molecular complexity index is 1290. The molecule has 1 aliphatic rings. The van der Waals surface area contributed by atoms with Crippen LogP contribution in [0.1, 0.15) is 15.9 Å². The molecule has 2 heterocycles. The maximum atomic E-state index is 13.0. The average Bonchev–Trinajstić information content (AvgIpc) is 3.54. The lowest BCUT2D eigenvalue weighted by Gasteiger charge is -2.17. The minimum Gasteiger partial charge on any atom is -0.322 e. The predicted octanol–water partition coefficient (Wildman–Crippen LogP) is 5.74. The summed E-state index contributed by atoms with van der Waals surface area (Å²) in [4.78, 5) is 32.8. The van der Waals surface area contributed by atoms with Crippen LogP contribution < -0.4 is 10.2 Å². The van der Waals surface area contributed by atoms with Crippen molar-refractivity contribution in [1.82, 2.24) is 4.98 Å². The SMILES string of the molecule is O=C(Nc1ccc(-c2nccs2)cc1)c1ccccc1SCC(=O)N1CCc2ccccc21. The van der Waals surface area contributed by atoms with Gasteiger partial charge >= 0.3 is 0 Å². The lowest BCUT2D eigenvalue weighted by Crippen LogP contribution is -2.30. The zero-order valence-electron chi connectivity index (χ0n) is 17.7. The molecular weight excluding hydrogens is 450 g/mol. The molecule has 0 unspecified atom stereocenters. The number of thiazole rings is 1. The van der Waals surface area contributed by atoms with Gasteiger partial charge in [0.2, 0.25) is 5.91 Å². The Morgan fingerprint density at radius 3 is 2.61 bits per heavy atom. The summed E-state index contributed by atoms with van der Waals surface area (Å²) in [6, 6.07) is 23.1. The van der Waals surface area contributed by atoms with Gasteiger partial charge in [0.1, 0.15) is 5.01 Å². The molecule has 0 fully saturated rings. The monoisotopic (exact) mass is 471 g/mol. The van der Waals surface area contributed by atoms with Crippen molar-refractivity contribution >= 4 is 46.3 Å². The smallest absolute Gasteiger partial charge is 0.256 e. The van der Waals surface area contributed by atoms with Crippen LogP contribution in [0, 0.1) is 0 Å². The highest BCUT2D eigenvalue weighted by Crippen LogP contribution is 2.30. The fourth-order valence-corrected chi connectivity index (χ4v) is 5.43. The molecule has 33 heavy (non-hydrogen) atoms. The topological polar surface area (TPSA) is 62.3 Å². The zero-order chi connectivity index (χ0) is 22.6. The lowest BCUT2D eigenvalue weighted by atomic mass is 10.2. The van der Waals surface area contributed by atoms with Gasteiger partial charge in [-0.3, -0.25) is 9.59 Å². The van der Waals surface area contributed by atoms with Crippen molar-refractivity contribution in [3.8, 4) is 10.6 Å². The van der Waals surface area contributed by atoms with E-state index in [0.29, 0.717) is 17.8 Å². The van der Waals surface area contributed by atoms with Crippen molar-refractivity contribution in [2.24, 2.45) is 0 Å². The van der Waals surface area contributed by atoms with Gasteiger partial charge in [-0.2, -0.15) is 0 Å². The summed E-state index contributed by atoms with van der Waals surface area (Å²) in [6.07, 6.45) is 2.66. The number of aromatic nitrogens is 1. The van der Waals surface area contributed by atoms with Gasteiger partial charge in [-0.25, -0.2) is 4.98 Å². The predicted molar refractivity (Wildman–Crippen MR) is 135 cm³/mol. The van der Waals surface area contributed by atoms with E-state index in [1.54, 1.807) is 23.6 Å². The Morgan fingerprint density at radius 1 is 1.00 bits per heavy atom. The minimum absolute atomic E-state index is 0.0536. The van der Waals surface area contributed by atoms with Crippen LogP contribution in [0.3, 0.4) is 0 Å². The van der Waals surface area contributed by atoms with E-state index in [9.17, 15) is 9.59 Å². The fourth-order valence-electron chi connectivity index (χ4n) is 3.86. The summed E-state index contributed by atoms with van der Waals surface area (Å²) >= 11 is 2.97. The van der Waals surface area contributed by atoms with E-state index in [1.807, 2.05) is 70.9 Å². The fraction of sp³-hybridized carbons (Fsp3) is 0.115. The summed E-state index contributed by atoms with van der Waals surface area (Å²) in [7, 11) is 0. The third-order valence-corrected chi connectivity index (χ3v) is 7.37. The van der Waals surface area contributed by atoms with Crippen molar-refractivity contribution in [1.29, 1.82) is 0 Å². The summed E-state index contributed by atoms with van der Waals surface area (Å²) in [5.41, 5.74) is 4.48. The molecule has 0 radical (unpaired) electrons. The van der Waals surface area contributed by atoms with Crippen molar-refractivity contribution in [2.75, 3.05) is 22.5 Å². The van der Waals surface area contributed by atoms with Crippen LogP contribution in [0.2, 0.25) is 0 Å². The Kier molecular flexibility index (Phi) is 6.24. The minimum atomic E-state index is -0.195. The number of benzene rings is 3.